The zero-order chi connectivity index (χ0) is 23.2. The molecule has 34 heavy (non-hydrogen) atoms. The van der Waals surface area contributed by atoms with E-state index in [1.54, 1.807) is 18.2 Å². The van der Waals surface area contributed by atoms with Crippen LogP contribution in [0.2, 0.25) is 10.0 Å². The third-order valence-electron chi connectivity index (χ3n) is 5.79. The van der Waals surface area contributed by atoms with Crippen LogP contribution in [0.3, 0.4) is 0 Å². The Kier molecular flexibility index (Phi) is 5.21. The number of benzene rings is 3. The first-order chi connectivity index (χ1) is 16.6. The summed E-state index contributed by atoms with van der Waals surface area (Å²) in [6, 6.07) is 25.2. The van der Waals surface area contributed by atoms with Gasteiger partial charge in [-0.25, -0.2) is 0 Å². The highest BCUT2D eigenvalue weighted by Gasteiger charge is 2.33. The lowest BCUT2D eigenvalue weighted by Crippen LogP contribution is -2.38. The van der Waals surface area contributed by atoms with Gasteiger partial charge in [0.05, 0.1) is 5.69 Å². The summed E-state index contributed by atoms with van der Waals surface area (Å²) >= 11 is 14.2. The Hall–Kier alpha value is -3.45. The lowest BCUT2D eigenvalue weighted by atomic mass is 9.96. The number of halogens is 2. The molecule has 0 aliphatic carbocycles. The zero-order valence-electron chi connectivity index (χ0n) is 17.5. The van der Waals surface area contributed by atoms with E-state index in [9.17, 15) is 4.79 Å². The van der Waals surface area contributed by atoms with Gasteiger partial charge in [0.2, 0.25) is 0 Å². The highest BCUT2D eigenvalue weighted by molar-refractivity contribution is 7.21. The van der Waals surface area contributed by atoms with Crippen LogP contribution < -0.4 is 10.6 Å². The second-order valence-corrected chi connectivity index (χ2v) is 9.64. The van der Waals surface area contributed by atoms with Gasteiger partial charge in [0, 0.05) is 32.1 Å². The Morgan fingerprint density at radius 3 is 2.09 bits per heavy atom. The number of aromatic nitrogens is 2. The van der Waals surface area contributed by atoms with Crippen molar-refractivity contribution in [2.75, 3.05) is 5.32 Å². The largest absolute Gasteiger partial charge is 0.360 e. The minimum Gasteiger partial charge on any atom is -0.360 e. The molecular formula is C26H16Cl2N4OS. The second kappa shape index (κ2) is 8.40. The Morgan fingerprint density at radius 1 is 0.765 bits per heavy atom. The average Bonchev–Trinajstić information content (AvgIpc) is 3.24. The summed E-state index contributed by atoms with van der Waals surface area (Å²) in [5.74, 6) is -0.210. The number of thiophene rings is 1. The van der Waals surface area contributed by atoms with Gasteiger partial charge in [-0.15, -0.1) is 21.5 Å². The molecule has 1 aliphatic rings. The Labute approximate surface area is 209 Å². The number of nitrogens with zero attached hydrogens (tertiary/aromatic N) is 2. The summed E-state index contributed by atoms with van der Waals surface area (Å²) in [5, 5.41) is 17.4. The van der Waals surface area contributed by atoms with E-state index < -0.39 is 6.17 Å². The number of rotatable bonds is 3. The van der Waals surface area contributed by atoms with Crippen molar-refractivity contribution in [2.45, 2.75) is 6.17 Å². The van der Waals surface area contributed by atoms with Crippen molar-refractivity contribution < 1.29 is 4.79 Å². The quantitative estimate of drug-likeness (QED) is 0.274. The maximum Gasteiger partial charge on any atom is 0.265 e. The molecule has 0 saturated heterocycles. The highest BCUT2D eigenvalue weighted by atomic mass is 35.5. The summed E-state index contributed by atoms with van der Waals surface area (Å²) in [6.07, 6.45) is -0.587. The molecule has 2 N–H and O–H groups in total. The van der Waals surface area contributed by atoms with E-state index in [0.717, 1.165) is 27.8 Å². The van der Waals surface area contributed by atoms with Crippen LogP contribution in [0.1, 0.15) is 21.4 Å². The van der Waals surface area contributed by atoms with E-state index in [1.807, 2.05) is 60.7 Å². The van der Waals surface area contributed by atoms with Gasteiger partial charge >= 0.3 is 0 Å². The van der Waals surface area contributed by atoms with Crippen LogP contribution in [-0.2, 0) is 0 Å². The van der Waals surface area contributed by atoms with Crippen LogP contribution in [0.4, 0.5) is 5.69 Å². The second-order valence-electron chi connectivity index (χ2n) is 7.83. The van der Waals surface area contributed by atoms with Crippen LogP contribution in [0.15, 0.2) is 78.9 Å². The smallest absolute Gasteiger partial charge is 0.265 e. The molecule has 1 atom stereocenters. The van der Waals surface area contributed by atoms with Crippen molar-refractivity contribution in [3.05, 3.63) is 99.3 Å². The minimum atomic E-state index is -0.587. The van der Waals surface area contributed by atoms with E-state index >= 15 is 0 Å². The average molecular weight is 503 g/mol. The summed E-state index contributed by atoms with van der Waals surface area (Å²) < 4.78 is 0. The molecule has 8 heteroatoms. The van der Waals surface area contributed by atoms with Gasteiger partial charge in [-0.3, -0.25) is 4.79 Å². The lowest BCUT2D eigenvalue weighted by molar-refractivity contribution is 0.0940. The van der Waals surface area contributed by atoms with Crippen LogP contribution in [0.25, 0.3) is 32.6 Å². The number of amides is 1. The third-order valence-corrected chi connectivity index (χ3v) is 7.52. The molecular weight excluding hydrogens is 487 g/mol. The molecule has 5 nitrogen and oxygen atoms in total. The van der Waals surface area contributed by atoms with E-state index in [4.69, 9.17) is 23.2 Å². The fraction of sp³-hybridized carbons (Fsp3) is 0.0385. The van der Waals surface area contributed by atoms with E-state index in [2.05, 4.69) is 20.8 Å². The van der Waals surface area contributed by atoms with Crippen molar-refractivity contribution in [1.82, 2.24) is 15.5 Å². The molecule has 3 heterocycles. The normalized spacial score (nSPS) is 15.0. The molecule has 3 aromatic carbocycles. The minimum absolute atomic E-state index is 0.210. The fourth-order valence-corrected chi connectivity index (χ4v) is 5.89. The summed E-state index contributed by atoms with van der Waals surface area (Å²) in [4.78, 5) is 14.4. The summed E-state index contributed by atoms with van der Waals surface area (Å²) in [5.41, 5.74) is 4.93. The van der Waals surface area contributed by atoms with Gasteiger partial charge in [-0.2, -0.15) is 0 Å². The number of carbonyl (C=O) groups excluding carboxylic acids is 1. The summed E-state index contributed by atoms with van der Waals surface area (Å²) in [6.45, 7) is 0. The Bertz CT molecular complexity index is 1530. The molecule has 0 spiro atoms. The molecule has 5 aromatic rings. The van der Waals surface area contributed by atoms with Crippen LogP contribution in [-0.4, -0.2) is 16.1 Å². The molecule has 0 saturated carbocycles. The topological polar surface area (TPSA) is 66.9 Å². The number of hydrogen-bond acceptors (Lipinski definition) is 5. The van der Waals surface area contributed by atoms with Crippen LogP contribution in [0, 0.1) is 0 Å². The van der Waals surface area contributed by atoms with Crippen molar-refractivity contribution >= 4 is 56.3 Å². The molecule has 1 amide bonds. The molecule has 2 aromatic heterocycles. The molecule has 6 rings (SSSR count). The monoisotopic (exact) mass is 502 g/mol. The van der Waals surface area contributed by atoms with E-state index in [-0.39, 0.29) is 5.91 Å². The van der Waals surface area contributed by atoms with Crippen LogP contribution in [0.5, 0.6) is 0 Å². The molecule has 166 valence electrons. The van der Waals surface area contributed by atoms with Gasteiger partial charge < -0.3 is 10.6 Å². The Morgan fingerprint density at radius 2 is 1.41 bits per heavy atom. The van der Waals surface area contributed by atoms with E-state index in [1.165, 1.54) is 11.3 Å². The van der Waals surface area contributed by atoms with Crippen molar-refractivity contribution in [2.24, 2.45) is 0 Å². The first-order valence-corrected chi connectivity index (χ1v) is 12.1. The third kappa shape index (κ3) is 3.42. The molecule has 0 fully saturated rings. The number of nitrogens with one attached hydrogen (secondary N) is 2. The van der Waals surface area contributed by atoms with Gasteiger partial charge in [-0.05, 0) is 17.7 Å². The maximum atomic E-state index is 13.2. The predicted molar refractivity (Wildman–Crippen MR) is 139 cm³/mol. The number of carbonyl (C=O) groups is 1. The van der Waals surface area contributed by atoms with Gasteiger partial charge in [0.15, 0.2) is 0 Å². The molecule has 0 radical (unpaired) electrons. The van der Waals surface area contributed by atoms with Crippen molar-refractivity contribution in [3.63, 3.8) is 0 Å². The van der Waals surface area contributed by atoms with Gasteiger partial charge in [-0.1, -0.05) is 89.9 Å². The number of anilines is 1. The molecule has 1 aliphatic heterocycles. The molecule has 1 unspecified atom stereocenters. The fourth-order valence-electron chi connectivity index (χ4n) is 4.27. The maximum absolute atomic E-state index is 13.2. The lowest BCUT2D eigenvalue weighted by Gasteiger charge is -2.28. The number of fused-ring (bicyclic) bond motifs is 3. The first kappa shape index (κ1) is 21.1. The standard InChI is InChI=1S/C26H16Cl2N4OS/c27-16-12-7-13-17(28)19(16)24-29-22-20-18(14-8-3-1-4-9-14)21(15-10-5-2-6-11-15)31-32-26(20)34-23(22)25(33)30-24/h1-13,24,29H,(H,30,33). The molecule has 0 bridgehead atoms. The van der Waals surface area contributed by atoms with Crippen molar-refractivity contribution in [1.29, 1.82) is 0 Å². The SMILES string of the molecule is O=C1NC(c2c(Cl)cccc2Cl)Nc2c1sc1nnc(-c3ccccc3)c(-c3ccccc3)c21. The Balaban J connectivity index is 1.63. The summed E-state index contributed by atoms with van der Waals surface area (Å²) in [7, 11) is 0. The van der Waals surface area contributed by atoms with Crippen molar-refractivity contribution in [3.8, 4) is 22.4 Å². The van der Waals surface area contributed by atoms with Gasteiger partial charge in [0.25, 0.3) is 5.91 Å². The van der Waals surface area contributed by atoms with E-state index in [0.29, 0.717) is 31.0 Å². The zero-order valence-corrected chi connectivity index (χ0v) is 19.9. The number of hydrogen-bond donors (Lipinski definition) is 2. The van der Waals surface area contributed by atoms with Gasteiger partial charge in [0.1, 0.15) is 21.6 Å². The highest BCUT2D eigenvalue weighted by Crippen LogP contribution is 2.47. The van der Waals surface area contributed by atoms with Crippen LogP contribution >= 0.6 is 34.5 Å². The first-order valence-electron chi connectivity index (χ1n) is 10.6. The predicted octanol–water partition coefficient (Wildman–Crippen LogP) is 7.19.